The number of likely N-dealkylation sites (tertiary alicyclic amines) is 1. The van der Waals surface area contributed by atoms with Gasteiger partial charge in [0.15, 0.2) is 0 Å². The molecule has 4 rings (SSSR count). The van der Waals surface area contributed by atoms with Gasteiger partial charge in [-0.3, -0.25) is 9.59 Å². The van der Waals surface area contributed by atoms with Crippen LogP contribution in [0.3, 0.4) is 0 Å². The highest BCUT2D eigenvalue weighted by atomic mass is 16.5. The molecular weight excluding hydrogens is 354 g/mol. The maximum atomic E-state index is 13.0. The summed E-state index contributed by atoms with van der Waals surface area (Å²) in [5.74, 6) is 1.48. The number of nitrogens with one attached hydrogen (secondary N) is 1. The van der Waals surface area contributed by atoms with Gasteiger partial charge in [0, 0.05) is 18.7 Å². The third-order valence-corrected chi connectivity index (χ3v) is 6.40. The molecule has 2 aliphatic carbocycles. The second-order valence-electron chi connectivity index (χ2n) is 8.51. The molecule has 1 N–H and O–H groups in total. The van der Waals surface area contributed by atoms with E-state index in [0.717, 1.165) is 37.9 Å². The molecule has 2 amide bonds. The van der Waals surface area contributed by atoms with Crippen molar-refractivity contribution in [1.82, 2.24) is 15.2 Å². The van der Waals surface area contributed by atoms with Crippen molar-refractivity contribution in [2.75, 3.05) is 19.7 Å². The first-order valence-electron chi connectivity index (χ1n) is 10.8. The van der Waals surface area contributed by atoms with Crippen LogP contribution in [0.4, 0.5) is 0 Å². The quantitative estimate of drug-likeness (QED) is 0.708. The zero-order valence-electron chi connectivity index (χ0n) is 17.0. The first kappa shape index (κ1) is 19.2. The van der Waals surface area contributed by atoms with Crippen molar-refractivity contribution in [1.29, 1.82) is 0 Å². The van der Waals surface area contributed by atoms with E-state index in [1.54, 1.807) is 6.07 Å². The molecule has 152 valence electrons. The van der Waals surface area contributed by atoms with E-state index in [-0.39, 0.29) is 11.8 Å². The highest BCUT2D eigenvalue weighted by Crippen LogP contribution is 2.44. The van der Waals surface area contributed by atoms with Crippen molar-refractivity contribution >= 4 is 11.8 Å². The van der Waals surface area contributed by atoms with Crippen LogP contribution in [0.15, 0.2) is 12.1 Å². The number of amides is 2. The number of ether oxygens (including phenoxy) is 1. The zero-order valence-corrected chi connectivity index (χ0v) is 17.0. The molecule has 3 aliphatic rings. The zero-order chi connectivity index (χ0) is 19.7. The van der Waals surface area contributed by atoms with Crippen molar-refractivity contribution in [2.24, 2.45) is 5.92 Å². The van der Waals surface area contributed by atoms with Crippen molar-refractivity contribution in [3.8, 4) is 5.88 Å². The summed E-state index contributed by atoms with van der Waals surface area (Å²) in [5.41, 5.74) is 0.590. The molecule has 1 saturated heterocycles. The molecule has 1 aromatic heterocycles. The minimum absolute atomic E-state index is 0.0249. The van der Waals surface area contributed by atoms with Crippen LogP contribution < -0.4 is 10.1 Å². The fourth-order valence-electron chi connectivity index (χ4n) is 3.77. The Balaban J connectivity index is 1.52. The maximum absolute atomic E-state index is 13.0. The third-order valence-electron chi connectivity index (χ3n) is 6.40. The number of carbonyl (C=O) groups excluding carboxylic acids is 2. The molecule has 3 fully saturated rings. The smallest absolute Gasteiger partial charge is 0.270 e. The normalized spacial score (nSPS) is 19.1. The molecule has 1 aromatic rings. The number of aromatic nitrogens is 1. The summed E-state index contributed by atoms with van der Waals surface area (Å²) in [7, 11) is 0. The Bertz CT molecular complexity index is 747. The Kier molecular flexibility index (Phi) is 5.30. The van der Waals surface area contributed by atoms with Crippen LogP contribution in [-0.4, -0.2) is 46.9 Å². The molecule has 0 aromatic carbocycles. The van der Waals surface area contributed by atoms with Crippen LogP contribution >= 0.6 is 0 Å². The van der Waals surface area contributed by atoms with Crippen LogP contribution in [0.5, 0.6) is 5.88 Å². The molecule has 0 unspecified atom stereocenters. The SMILES string of the molecule is CCC(CC)(NC(=O)c1ccc(C2CC2)c(OCC2CC2)n1)C(=O)N1CCC1. The largest absolute Gasteiger partial charge is 0.477 e. The third kappa shape index (κ3) is 3.87. The lowest BCUT2D eigenvalue weighted by molar-refractivity contribution is -0.142. The van der Waals surface area contributed by atoms with Crippen molar-refractivity contribution in [3.05, 3.63) is 23.4 Å². The lowest BCUT2D eigenvalue weighted by atomic mass is 9.89. The van der Waals surface area contributed by atoms with Gasteiger partial charge in [-0.25, -0.2) is 4.98 Å². The Hall–Kier alpha value is -2.11. The van der Waals surface area contributed by atoms with Crippen LogP contribution in [0.1, 0.15) is 80.8 Å². The predicted octanol–water partition coefficient (Wildman–Crippen LogP) is 3.27. The number of hydrogen-bond donors (Lipinski definition) is 1. The van der Waals surface area contributed by atoms with Gasteiger partial charge < -0.3 is 15.0 Å². The van der Waals surface area contributed by atoms with Crippen LogP contribution in [0.2, 0.25) is 0 Å². The Morgan fingerprint density at radius 3 is 2.43 bits per heavy atom. The second kappa shape index (κ2) is 7.72. The number of rotatable bonds is 9. The van der Waals surface area contributed by atoms with Gasteiger partial charge in [0.05, 0.1) is 6.61 Å². The fraction of sp³-hybridized carbons (Fsp3) is 0.682. The lowest BCUT2D eigenvalue weighted by Crippen LogP contribution is -2.61. The minimum atomic E-state index is -0.858. The van der Waals surface area contributed by atoms with E-state index in [0.29, 0.717) is 42.9 Å². The fourth-order valence-corrected chi connectivity index (χ4v) is 3.77. The molecule has 2 saturated carbocycles. The average molecular weight is 386 g/mol. The summed E-state index contributed by atoms with van der Waals surface area (Å²) < 4.78 is 5.98. The van der Waals surface area contributed by atoms with E-state index in [9.17, 15) is 9.59 Å². The highest BCUT2D eigenvalue weighted by molar-refractivity contribution is 5.98. The molecular formula is C22H31N3O3. The Morgan fingerprint density at radius 1 is 1.18 bits per heavy atom. The monoisotopic (exact) mass is 385 g/mol. The summed E-state index contributed by atoms with van der Waals surface area (Å²) in [6.45, 7) is 6.15. The molecule has 28 heavy (non-hydrogen) atoms. The second-order valence-corrected chi connectivity index (χ2v) is 8.51. The van der Waals surface area contributed by atoms with E-state index in [2.05, 4.69) is 10.3 Å². The van der Waals surface area contributed by atoms with E-state index in [1.165, 1.54) is 12.8 Å². The number of pyridine rings is 1. The maximum Gasteiger partial charge on any atom is 0.270 e. The summed E-state index contributed by atoms with van der Waals surface area (Å²) >= 11 is 0. The van der Waals surface area contributed by atoms with E-state index in [1.807, 2.05) is 24.8 Å². The summed E-state index contributed by atoms with van der Waals surface area (Å²) in [5, 5.41) is 3.02. The number of nitrogens with zero attached hydrogens (tertiary/aromatic N) is 2. The number of carbonyl (C=O) groups is 2. The van der Waals surface area contributed by atoms with Gasteiger partial charge in [0.2, 0.25) is 11.8 Å². The van der Waals surface area contributed by atoms with Crippen LogP contribution in [0.25, 0.3) is 0 Å². The van der Waals surface area contributed by atoms with Gasteiger partial charge in [0.1, 0.15) is 11.2 Å². The Morgan fingerprint density at radius 2 is 1.89 bits per heavy atom. The summed E-state index contributed by atoms with van der Waals surface area (Å²) in [6.07, 6.45) is 6.92. The molecule has 0 spiro atoms. The molecule has 0 atom stereocenters. The van der Waals surface area contributed by atoms with Crippen molar-refractivity contribution < 1.29 is 14.3 Å². The predicted molar refractivity (Wildman–Crippen MR) is 106 cm³/mol. The van der Waals surface area contributed by atoms with Gasteiger partial charge in [-0.1, -0.05) is 19.9 Å². The first-order valence-corrected chi connectivity index (χ1v) is 10.8. The van der Waals surface area contributed by atoms with E-state index < -0.39 is 5.54 Å². The standard InChI is InChI=1S/C22H31N3O3/c1-3-22(4-2,21(27)25-12-5-13-25)24-19(26)18-11-10-17(16-8-9-16)20(23-18)28-14-15-6-7-15/h10-11,15-16H,3-9,12-14H2,1-2H3,(H,24,26). The van der Waals surface area contributed by atoms with E-state index >= 15 is 0 Å². The van der Waals surface area contributed by atoms with Gasteiger partial charge in [0.25, 0.3) is 5.91 Å². The molecule has 2 heterocycles. The van der Waals surface area contributed by atoms with Gasteiger partial charge in [-0.05, 0) is 62.8 Å². The molecule has 0 radical (unpaired) electrons. The summed E-state index contributed by atoms with van der Waals surface area (Å²) in [4.78, 5) is 32.4. The molecule has 0 bridgehead atoms. The highest BCUT2D eigenvalue weighted by Gasteiger charge is 2.41. The van der Waals surface area contributed by atoms with Gasteiger partial charge in [-0.2, -0.15) is 0 Å². The molecule has 6 heteroatoms. The number of hydrogen-bond acceptors (Lipinski definition) is 4. The van der Waals surface area contributed by atoms with Crippen LogP contribution in [-0.2, 0) is 4.79 Å². The first-order chi connectivity index (χ1) is 13.6. The average Bonchev–Trinajstić information content (AvgIpc) is 3.56. The van der Waals surface area contributed by atoms with Crippen molar-refractivity contribution in [2.45, 2.75) is 70.3 Å². The molecule has 1 aliphatic heterocycles. The van der Waals surface area contributed by atoms with Gasteiger partial charge in [-0.15, -0.1) is 0 Å². The summed E-state index contributed by atoms with van der Waals surface area (Å²) in [6, 6.07) is 3.76. The minimum Gasteiger partial charge on any atom is -0.477 e. The topological polar surface area (TPSA) is 71.5 Å². The van der Waals surface area contributed by atoms with Crippen molar-refractivity contribution in [3.63, 3.8) is 0 Å². The van der Waals surface area contributed by atoms with E-state index in [4.69, 9.17) is 4.74 Å². The lowest BCUT2D eigenvalue weighted by Gasteiger charge is -2.40. The molecule has 6 nitrogen and oxygen atoms in total. The Labute approximate surface area is 167 Å². The van der Waals surface area contributed by atoms with Gasteiger partial charge >= 0.3 is 0 Å². The van der Waals surface area contributed by atoms with Crippen LogP contribution in [0, 0.1) is 5.92 Å².